The largest absolute Gasteiger partial charge is 0.416 e. The van der Waals surface area contributed by atoms with E-state index in [9.17, 15) is 26.4 Å². The van der Waals surface area contributed by atoms with E-state index < -0.39 is 32.2 Å². The van der Waals surface area contributed by atoms with E-state index in [4.69, 9.17) is 74.8 Å². The van der Waals surface area contributed by atoms with Gasteiger partial charge in [-0.25, -0.2) is 35.9 Å². The molecule has 0 saturated carbocycles. The number of sulfonamides is 2. The van der Waals surface area contributed by atoms with Gasteiger partial charge in [-0.3, -0.25) is 0 Å². The van der Waals surface area contributed by atoms with Crippen molar-refractivity contribution < 1.29 is 59.6 Å². The number of carbonyl (C=O) groups is 2. The molecule has 0 fully saturated rings. The van der Waals surface area contributed by atoms with E-state index in [0.717, 1.165) is 33.4 Å². The zero-order valence-electron chi connectivity index (χ0n) is 41.8. The van der Waals surface area contributed by atoms with Gasteiger partial charge in [0.2, 0.25) is 20.0 Å². The lowest BCUT2D eigenvalue weighted by atomic mass is 9.85. The number of fused-ring (bicyclic) bond motifs is 2. The number of alkyl carbamates (subject to hydrolysis) is 2. The van der Waals surface area contributed by atoms with Gasteiger partial charge in [-0.15, -0.1) is 0 Å². The second-order valence-corrected chi connectivity index (χ2v) is 22.8. The van der Waals surface area contributed by atoms with Crippen LogP contribution in [0.25, 0.3) is 0 Å². The van der Waals surface area contributed by atoms with Gasteiger partial charge in [-0.2, -0.15) is 0 Å². The number of benzene rings is 4. The molecular weight excluding hydrogens is 1100 g/mol. The van der Waals surface area contributed by atoms with E-state index in [1.165, 1.54) is 0 Å². The quantitative estimate of drug-likeness (QED) is 0.0335. The number of ether oxygens (including phenoxy) is 7. The normalized spacial score (nSPS) is 16.1. The summed E-state index contributed by atoms with van der Waals surface area (Å²) in [6, 6.07) is 21.0. The molecule has 2 heterocycles. The molecule has 2 aliphatic rings. The molecule has 4 N–H and O–H groups in total. The lowest BCUT2D eigenvalue weighted by molar-refractivity contribution is 0.0159. The lowest BCUT2D eigenvalue weighted by Crippen LogP contribution is -2.35. The van der Waals surface area contributed by atoms with E-state index in [0.29, 0.717) is 46.3 Å². The first-order chi connectivity index (χ1) is 36.0. The first kappa shape index (κ1) is 60.5. The Labute approximate surface area is 459 Å². The van der Waals surface area contributed by atoms with Crippen LogP contribution in [0.15, 0.2) is 82.6 Å². The summed E-state index contributed by atoms with van der Waals surface area (Å²) in [5.74, 6) is -0.202. The fraction of sp³-hybridized carbons (Fsp3) is 0.480. The minimum absolute atomic E-state index is 0.0704. The Balaban J connectivity index is 0.700. The second-order valence-electron chi connectivity index (χ2n) is 17.6. The van der Waals surface area contributed by atoms with Gasteiger partial charge in [0.1, 0.15) is 0 Å². The van der Waals surface area contributed by atoms with Gasteiger partial charge < -0.3 is 53.6 Å². The molecule has 0 aliphatic carbocycles. The molecule has 75 heavy (non-hydrogen) atoms. The third kappa shape index (κ3) is 19.3. The van der Waals surface area contributed by atoms with Crippen molar-refractivity contribution in [2.75, 3.05) is 133 Å². The van der Waals surface area contributed by atoms with Gasteiger partial charge in [-0.1, -0.05) is 70.7 Å². The average Bonchev–Trinajstić information content (AvgIpc) is 3.38. The number of amides is 2. The number of halogens is 4. The molecule has 6 rings (SSSR count). The summed E-state index contributed by atoms with van der Waals surface area (Å²) in [5, 5.41) is 7.06. The second kappa shape index (κ2) is 30.4. The molecule has 0 radical (unpaired) electrons. The summed E-state index contributed by atoms with van der Waals surface area (Å²) in [6.45, 7) is 5.64. The Morgan fingerprint density at radius 2 is 0.853 bits per heavy atom. The molecule has 0 aromatic heterocycles. The topological polar surface area (TPSA) is 222 Å². The van der Waals surface area contributed by atoms with E-state index in [1.807, 2.05) is 38.4 Å². The summed E-state index contributed by atoms with van der Waals surface area (Å²) in [7, 11) is -3.61. The number of hydrogen-bond acceptors (Lipinski definition) is 15. The van der Waals surface area contributed by atoms with Gasteiger partial charge >= 0.3 is 12.2 Å². The predicted octanol–water partition coefficient (Wildman–Crippen LogP) is 6.25. The third-order valence-corrected chi connectivity index (χ3v) is 15.9. The maximum atomic E-state index is 13.1. The van der Waals surface area contributed by atoms with Crippen LogP contribution in [-0.2, 0) is 66.3 Å². The number of rotatable bonds is 30. The van der Waals surface area contributed by atoms with Crippen molar-refractivity contribution in [2.45, 2.75) is 34.7 Å². The standard InChI is InChI=1S/C50H64Cl4N6O13S2/c1-59-31-43(41-27-37(51)29-47(53)45(41)33-59)35-5-3-7-39(25-35)74(63,64)57-11-15-69-19-23-71-21-17-67-13-9-55-49(61)73-50(62)56-10-14-68-18-22-72-24-20-70-16-12-58-75(65,66)40-8-4-6-36(26-40)44-32-60(2)34-46-42(44)28-38(52)30-48(46)54/h3-8,25-30,43-44,57-58H,9-24,31-34H2,1-2H3,(H,55,61)(H,56,62). The van der Waals surface area contributed by atoms with Gasteiger partial charge in [0, 0.05) is 84.3 Å². The van der Waals surface area contributed by atoms with Crippen molar-refractivity contribution in [3.05, 3.63) is 126 Å². The van der Waals surface area contributed by atoms with Crippen LogP contribution in [0.1, 0.15) is 45.2 Å². The first-order valence-electron chi connectivity index (χ1n) is 24.2. The van der Waals surface area contributed by atoms with Crippen LogP contribution in [0.3, 0.4) is 0 Å². The highest BCUT2D eigenvalue weighted by Gasteiger charge is 2.30. The zero-order chi connectivity index (χ0) is 53.8. The number of hydrogen-bond donors (Lipinski definition) is 4. The van der Waals surface area contributed by atoms with E-state index in [-0.39, 0.29) is 127 Å². The van der Waals surface area contributed by atoms with Crippen LogP contribution in [-0.4, -0.2) is 171 Å². The highest BCUT2D eigenvalue weighted by molar-refractivity contribution is 7.89. The highest BCUT2D eigenvalue weighted by atomic mass is 35.5. The molecule has 2 atom stereocenters. The number of carbonyl (C=O) groups excluding carboxylic acids is 2. The highest BCUT2D eigenvalue weighted by Crippen LogP contribution is 2.40. The summed E-state index contributed by atoms with van der Waals surface area (Å²) in [4.78, 5) is 28.4. The van der Waals surface area contributed by atoms with Gasteiger partial charge in [0.25, 0.3) is 0 Å². The Bertz CT molecular complexity index is 2570. The summed E-state index contributed by atoms with van der Waals surface area (Å²) >= 11 is 25.7. The maximum Gasteiger partial charge on any atom is 0.416 e. The summed E-state index contributed by atoms with van der Waals surface area (Å²) in [6.07, 6.45) is -1.89. The number of nitrogens with one attached hydrogen (secondary N) is 4. The fourth-order valence-corrected chi connectivity index (χ4v) is 11.7. The molecule has 0 saturated heterocycles. The summed E-state index contributed by atoms with van der Waals surface area (Å²) in [5.41, 5.74) is 5.63. The molecule has 0 bridgehead atoms. The van der Waals surface area contributed by atoms with Crippen molar-refractivity contribution in [1.29, 1.82) is 0 Å². The molecule has 25 heteroatoms. The molecule has 0 spiro atoms. The van der Waals surface area contributed by atoms with Crippen LogP contribution in [0, 0.1) is 0 Å². The Kier molecular flexibility index (Phi) is 24.6. The lowest BCUT2D eigenvalue weighted by Gasteiger charge is -2.33. The van der Waals surface area contributed by atoms with Crippen LogP contribution in [0.5, 0.6) is 0 Å². The summed E-state index contributed by atoms with van der Waals surface area (Å²) < 4.78 is 95.1. The Morgan fingerprint density at radius 1 is 0.507 bits per heavy atom. The number of nitrogens with zero attached hydrogens (tertiary/aromatic N) is 2. The molecule has 2 amide bonds. The van der Waals surface area contributed by atoms with Crippen molar-refractivity contribution in [3.63, 3.8) is 0 Å². The smallest absolute Gasteiger partial charge is 0.378 e. The minimum Gasteiger partial charge on any atom is -0.378 e. The molecule has 2 aliphatic heterocycles. The van der Waals surface area contributed by atoms with Crippen molar-refractivity contribution in [3.8, 4) is 0 Å². The predicted molar refractivity (Wildman–Crippen MR) is 285 cm³/mol. The maximum absolute atomic E-state index is 13.1. The molecular formula is C50H64Cl4N6O13S2. The van der Waals surface area contributed by atoms with Gasteiger partial charge in [-0.05, 0) is 96.0 Å². The van der Waals surface area contributed by atoms with Crippen LogP contribution in [0.2, 0.25) is 20.1 Å². The molecule has 4 aromatic carbocycles. The first-order valence-corrected chi connectivity index (χ1v) is 28.7. The third-order valence-electron chi connectivity index (χ3n) is 11.9. The average molecular weight is 1160 g/mol. The van der Waals surface area contributed by atoms with Crippen molar-refractivity contribution in [2.24, 2.45) is 0 Å². The molecule has 4 aromatic rings. The van der Waals surface area contributed by atoms with Gasteiger partial charge in [0.15, 0.2) is 0 Å². The van der Waals surface area contributed by atoms with Crippen molar-refractivity contribution in [1.82, 2.24) is 29.9 Å². The van der Waals surface area contributed by atoms with Crippen LogP contribution >= 0.6 is 46.4 Å². The molecule has 19 nitrogen and oxygen atoms in total. The minimum atomic E-state index is -3.80. The van der Waals surface area contributed by atoms with E-state index in [2.05, 4.69) is 34.6 Å². The monoisotopic (exact) mass is 1160 g/mol. The van der Waals surface area contributed by atoms with Gasteiger partial charge in [0.05, 0.1) is 89.1 Å². The van der Waals surface area contributed by atoms with Crippen LogP contribution in [0.4, 0.5) is 9.59 Å². The van der Waals surface area contributed by atoms with Crippen LogP contribution < -0.4 is 20.1 Å². The molecule has 2 unspecified atom stereocenters. The number of likely N-dealkylation sites (N-methyl/N-ethyl adjacent to an activating group) is 2. The van der Waals surface area contributed by atoms with E-state index in [1.54, 1.807) is 48.5 Å². The SMILES string of the molecule is CN1Cc2c(Cl)cc(Cl)cc2C(c2cccc(S(=O)(=O)NCCOCCOCCOCCNC(=O)OC(=O)NCCOCCOCCOCCNS(=O)(=O)c3cccc(C4CN(C)Cc5c(Cl)cc(Cl)cc54)c3)c2)C1. The van der Waals surface area contributed by atoms with E-state index >= 15 is 0 Å². The molecule has 412 valence electrons. The Hall–Kier alpha value is -3.72. The van der Waals surface area contributed by atoms with Crippen molar-refractivity contribution >= 4 is 78.6 Å². The Morgan fingerprint density at radius 3 is 1.23 bits per heavy atom. The fourth-order valence-electron chi connectivity index (χ4n) is 8.41. The zero-order valence-corrected chi connectivity index (χ0v) is 46.4.